The maximum absolute atomic E-state index is 11.0. The topological polar surface area (TPSA) is 74.3 Å². The molecule has 0 spiro atoms. The number of nitrogen functional groups attached to an aromatic ring is 1. The summed E-state index contributed by atoms with van der Waals surface area (Å²) in [6.07, 6.45) is 0. The number of rotatable bonds is 0. The van der Waals surface area contributed by atoms with E-state index >= 15 is 0 Å². The molecule has 0 fully saturated rings. The van der Waals surface area contributed by atoms with Gasteiger partial charge in [-0.3, -0.25) is 0 Å². The minimum atomic E-state index is -0.534. The first-order valence-corrected chi connectivity index (χ1v) is 3.39. The summed E-state index contributed by atoms with van der Waals surface area (Å²) in [5.74, 6) is -1.03. The third kappa shape index (κ3) is 1.70. The second-order valence-corrected chi connectivity index (χ2v) is 2.49. The van der Waals surface area contributed by atoms with Gasteiger partial charge in [0.2, 0.25) is 0 Å². The average Bonchev–Trinajstić information content (AvgIpc) is 2.29. The van der Waals surface area contributed by atoms with Gasteiger partial charge in [-0.1, -0.05) is 12.1 Å². The van der Waals surface area contributed by atoms with Crippen LogP contribution in [0.1, 0.15) is 20.7 Å². The largest absolute Gasteiger partial charge is 1.00 e. The van der Waals surface area contributed by atoms with Gasteiger partial charge in [0.25, 0.3) is 0 Å². The van der Waals surface area contributed by atoms with Gasteiger partial charge in [0.15, 0.2) is 0 Å². The fourth-order valence-electron chi connectivity index (χ4n) is 1.20. The minimum Gasteiger partial charge on any atom is -0.587 e. The van der Waals surface area contributed by atoms with Gasteiger partial charge >= 0.3 is 51.4 Å². The molecule has 0 unspecified atom stereocenters. The summed E-state index contributed by atoms with van der Waals surface area (Å²) in [7, 11) is 0. The van der Waals surface area contributed by atoms with Crippen LogP contribution in [0.4, 0.5) is 5.69 Å². The van der Waals surface area contributed by atoms with Crippen molar-refractivity contribution in [3.05, 3.63) is 34.6 Å². The van der Waals surface area contributed by atoms with E-state index in [1.54, 1.807) is 18.2 Å². The first-order chi connectivity index (χ1) is 5.70. The summed E-state index contributed by atoms with van der Waals surface area (Å²) in [5.41, 5.74) is 6.35. The quantitative estimate of drug-likeness (QED) is 0.297. The van der Waals surface area contributed by atoms with Crippen LogP contribution >= 0.6 is 0 Å². The Labute approximate surface area is 117 Å². The zero-order chi connectivity index (χ0) is 8.72. The Morgan fingerprint density at radius 3 is 2.46 bits per heavy atom. The Hall–Kier alpha value is -0.204. The van der Waals surface area contributed by atoms with Gasteiger partial charge in [-0.2, -0.15) is 0 Å². The molecule has 1 aliphatic rings. The van der Waals surface area contributed by atoms with Crippen molar-refractivity contribution in [2.24, 2.45) is 0 Å². The molecule has 0 bridgehead atoms. The minimum absolute atomic E-state index is 0. The van der Waals surface area contributed by atoms with Gasteiger partial charge in [-0.15, -0.1) is 0 Å². The SMILES string of the molecule is Nc1cccc2c1C(=O)[N-]C2=O.[K+]. The van der Waals surface area contributed by atoms with Crippen LogP contribution < -0.4 is 57.1 Å². The van der Waals surface area contributed by atoms with E-state index in [9.17, 15) is 9.59 Å². The Morgan fingerprint density at radius 2 is 1.85 bits per heavy atom. The molecule has 1 aliphatic heterocycles. The van der Waals surface area contributed by atoms with Crippen LogP contribution in [0.5, 0.6) is 0 Å². The molecule has 60 valence electrons. The Morgan fingerprint density at radius 1 is 1.15 bits per heavy atom. The molecule has 1 aromatic rings. The molecular formula is C8H5KN2O2. The van der Waals surface area contributed by atoms with Crippen molar-refractivity contribution in [2.75, 3.05) is 5.73 Å². The molecule has 0 saturated heterocycles. The van der Waals surface area contributed by atoms with Crippen molar-refractivity contribution in [1.29, 1.82) is 0 Å². The summed E-state index contributed by atoms with van der Waals surface area (Å²) >= 11 is 0. The molecule has 4 nitrogen and oxygen atoms in total. The Bertz CT molecular complexity index is 390. The molecular weight excluding hydrogens is 195 g/mol. The molecule has 0 atom stereocenters. The van der Waals surface area contributed by atoms with E-state index in [2.05, 4.69) is 5.32 Å². The van der Waals surface area contributed by atoms with E-state index in [-0.39, 0.29) is 56.9 Å². The molecule has 13 heavy (non-hydrogen) atoms. The van der Waals surface area contributed by atoms with Crippen LogP contribution in [0.2, 0.25) is 0 Å². The molecule has 0 saturated carbocycles. The van der Waals surface area contributed by atoms with Crippen molar-refractivity contribution in [3.63, 3.8) is 0 Å². The molecule has 2 amide bonds. The van der Waals surface area contributed by atoms with E-state index in [4.69, 9.17) is 5.73 Å². The third-order valence-corrected chi connectivity index (χ3v) is 1.74. The predicted molar refractivity (Wildman–Crippen MR) is 42.9 cm³/mol. The van der Waals surface area contributed by atoms with Crippen molar-refractivity contribution in [1.82, 2.24) is 0 Å². The number of hydrogen-bond donors (Lipinski definition) is 1. The van der Waals surface area contributed by atoms with Crippen LogP contribution in [0.15, 0.2) is 18.2 Å². The number of carbonyl (C=O) groups is 2. The van der Waals surface area contributed by atoms with Gasteiger partial charge in [-0.25, -0.2) is 0 Å². The summed E-state index contributed by atoms with van der Waals surface area (Å²) in [4.78, 5) is 22.0. The number of anilines is 1. The molecule has 2 N–H and O–H groups in total. The van der Waals surface area contributed by atoms with Crippen molar-refractivity contribution < 1.29 is 61.0 Å². The summed E-state index contributed by atoms with van der Waals surface area (Å²) in [6.45, 7) is 0. The van der Waals surface area contributed by atoms with Crippen LogP contribution in [-0.4, -0.2) is 11.8 Å². The smallest absolute Gasteiger partial charge is 0.587 e. The van der Waals surface area contributed by atoms with Gasteiger partial charge in [0.1, 0.15) is 0 Å². The number of fused-ring (bicyclic) bond motifs is 1. The molecule has 1 aromatic carbocycles. The number of hydrogen-bond acceptors (Lipinski definition) is 3. The second-order valence-electron chi connectivity index (χ2n) is 2.49. The normalized spacial score (nSPS) is 13.2. The summed E-state index contributed by atoms with van der Waals surface area (Å²) < 4.78 is 0. The van der Waals surface area contributed by atoms with Crippen molar-refractivity contribution in [2.45, 2.75) is 0 Å². The first kappa shape index (κ1) is 10.9. The molecule has 1 heterocycles. The number of amides is 2. The van der Waals surface area contributed by atoms with Gasteiger partial charge < -0.3 is 20.6 Å². The van der Waals surface area contributed by atoms with Crippen molar-refractivity contribution >= 4 is 17.5 Å². The number of carbonyl (C=O) groups excluding carboxylic acids is 2. The van der Waals surface area contributed by atoms with Gasteiger partial charge in [-0.05, 0) is 6.07 Å². The summed E-state index contributed by atoms with van der Waals surface area (Å²) in [6, 6.07) is 4.74. The Balaban J connectivity index is 0.000000845. The molecule has 0 aliphatic carbocycles. The van der Waals surface area contributed by atoms with Gasteiger partial charge in [0, 0.05) is 16.8 Å². The molecule has 0 radical (unpaired) electrons. The van der Waals surface area contributed by atoms with Crippen LogP contribution in [0.3, 0.4) is 0 Å². The van der Waals surface area contributed by atoms with Gasteiger partial charge in [0.05, 0.1) is 11.8 Å². The number of nitrogens with zero attached hydrogens (tertiary/aromatic N) is 1. The first-order valence-electron chi connectivity index (χ1n) is 3.39. The number of imide groups is 1. The standard InChI is InChI=1S/C8H6N2O2.K/c9-5-3-1-2-4-6(5)8(12)10-7(4)11;/h1-3H,(H3,9,10,11,12);/q;+1/p-1. The monoisotopic (exact) mass is 200 g/mol. The number of nitrogens with two attached hydrogens (primary N) is 1. The zero-order valence-electron chi connectivity index (χ0n) is 7.07. The fraction of sp³-hybridized carbons (Fsp3) is 0. The predicted octanol–water partition coefficient (Wildman–Crippen LogP) is -2.06. The van der Waals surface area contributed by atoms with E-state index < -0.39 is 11.8 Å². The average molecular weight is 200 g/mol. The molecule has 5 heteroatoms. The Kier molecular flexibility index (Phi) is 3.26. The molecule has 0 aromatic heterocycles. The second kappa shape index (κ2) is 3.89. The third-order valence-electron chi connectivity index (χ3n) is 1.74. The van der Waals surface area contributed by atoms with Crippen LogP contribution in [0.25, 0.3) is 5.32 Å². The zero-order valence-corrected chi connectivity index (χ0v) is 10.2. The van der Waals surface area contributed by atoms with E-state index in [0.717, 1.165) is 0 Å². The number of benzene rings is 1. The maximum atomic E-state index is 11.0. The molecule has 2 rings (SSSR count). The van der Waals surface area contributed by atoms with Crippen molar-refractivity contribution in [3.8, 4) is 0 Å². The van der Waals surface area contributed by atoms with Crippen LogP contribution in [-0.2, 0) is 0 Å². The summed E-state index contributed by atoms with van der Waals surface area (Å²) in [5, 5.41) is 3.26. The maximum Gasteiger partial charge on any atom is 1.00 e. The van der Waals surface area contributed by atoms with E-state index in [0.29, 0.717) is 11.3 Å². The van der Waals surface area contributed by atoms with Crippen LogP contribution in [0, 0.1) is 0 Å². The van der Waals surface area contributed by atoms with E-state index in [1.807, 2.05) is 0 Å². The van der Waals surface area contributed by atoms with E-state index in [1.165, 1.54) is 0 Å². The fourth-order valence-corrected chi connectivity index (χ4v) is 1.20.